The minimum atomic E-state index is -0.0948. The number of carbonyl (C=O) groups is 1. The van der Waals surface area contributed by atoms with Crippen molar-refractivity contribution in [1.82, 2.24) is 4.90 Å². The lowest BCUT2D eigenvalue weighted by Gasteiger charge is -2.34. The molecule has 0 radical (unpaired) electrons. The smallest absolute Gasteiger partial charge is 0.308 e. The second-order valence-corrected chi connectivity index (χ2v) is 9.95. The Balaban J connectivity index is 1.54. The van der Waals surface area contributed by atoms with E-state index in [1.165, 1.54) is 28.5 Å². The van der Waals surface area contributed by atoms with Gasteiger partial charge in [0.25, 0.3) is 0 Å². The van der Waals surface area contributed by atoms with Crippen LogP contribution in [0, 0.1) is 0 Å². The molecule has 3 aromatic rings. The van der Waals surface area contributed by atoms with E-state index in [-0.39, 0.29) is 12.1 Å². The fourth-order valence-electron chi connectivity index (χ4n) is 4.59. The maximum atomic E-state index is 13.1. The number of nitrogens with one attached hydrogen (secondary N) is 1. The molecule has 0 aliphatic carbocycles. The largest absolute Gasteiger partial charge is 0.326 e. The second-order valence-electron chi connectivity index (χ2n) is 9.04. The van der Waals surface area contributed by atoms with Crippen LogP contribution in [0.5, 0.6) is 0 Å². The van der Waals surface area contributed by atoms with Gasteiger partial charge in [0.2, 0.25) is 0 Å². The number of urea groups is 1. The molecule has 0 saturated carbocycles. The SMILES string of the molecule is CC(C)N1CCC(c2csc3ccc(NC(=O)N(c4ccccc4)C(C)C)cc23)CC1. The summed E-state index contributed by atoms with van der Waals surface area (Å²) in [6.45, 7) is 11.0. The summed E-state index contributed by atoms with van der Waals surface area (Å²) in [5.74, 6) is 0.603. The molecule has 1 saturated heterocycles. The first kappa shape index (κ1) is 21.8. The number of fused-ring (bicyclic) bond motifs is 1. The van der Waals surface area contributed by atoms with Crippen molar-refractivity contribution in [1.29, 1.82) is 0 Å². The van der Waals surface area contributed by atoms with Crippen molar-refractivity contribution in [3.63, 3.8) is 0 Å². The van der Waals surface area contributed by atoms with Crippen LogP contribution in [-0.2, 0) is 0 Å². The van der Waals surface area contributed by atoms with Crippen molar-refractivity contribution in [2.45, 2.75) is 58.5 Å². The molecular formula is C26H33N3OS. The standard InChI is InChI=1S/C26H33N3OS/c1-18(2)28-14-12-20(13-15-28)24-17-31-25-11-10-21(16-23(24)25)27-26(30)29(19(3)4)22-8-6-5-7-9-22/h5-11,16-20H,12-15H2,1-4H3,(H,27,30). The van der Waals surface area contributed by atoms with Crippen molar-refractivity contribution in [3.05, 3.63) is 59.5 Å². The Morgan fingerprint density at radius 3 is 2.42 bits per heavy atom. The highest BCUT2D eigenvalue weighted by Gasteiger charge is 2.24. The van der Waals surface area contributed by atoms with Crippen molar-refractivity contribution >= 4 is 38.8 Å². The Hall–Kier alpha value is -2.37. The van der Waals surface area contributed by atoms with Gasteiger partial charge in [-0.3, -0.25) is 4.90 Å². The van der Waals surface area contributed by atoms with E-state index in [9.17, 15) is 4.79 Å². The van der Waals surface area contributed by atoms with Crippen LogP contribution in [0.1, 0.15) is 52.0 Å². The van der Waals surface area contributed by atoms with Crippen molar-refractivity contribution in [2.75, 3.05) is 23.3 Å². The Bertz CT molecular complexity index is 1020. The van der Waals surface area contributed by atoms with E-state index < -0.39 is 0 Å². The molecular weight excluding hydrogens is 402 g/mol. The molecule has 164 valence electrons. The zero-order chi connectivity index (χ0) is 22.0. The Morgan fingerprint density at radius 1 is 1.06 bits per heavy atom. The molecule has 4 nitrogen and oxygen atoms in total. The third-order valence-corrected chi connectivity index (χ3v) is 7.31. The molecule has 0 bridgehead atoms. The molecule has 2 aromatic carbocycles. The number of thiophene rings is 1. The quantitative estimate of drug-likeness (QED) is 0.471. The van der Waals surface area contributed by atoms with Gasteiger partial charge in [-0.05, 0) is 106 Å². The molecule has 0 unspecified atom stereocenters. The first-order valence-electron chi connectivity index (χ1n) is 11.3. The van der Waals surface area contributed by atoms with Crippen molar-refractivity contribution < 1.29 is 4.79 Å². The summed E-state index contributed by atoms with van der Waals surface area (Å²) in [4.78, 5) is 17.5. The third kappa shape index (κ3) is 4.78. The van der Waals surface area contributed by atoms with E-state index in [0.29, 0.717) is 12.0 Å². The summed E-state index contributed by atoms with van der Waals surface area (Å²) in [7, 11) is 0. The topological polar surface area (TPSA) is 35.6 Å². The fraction of sp³-hybridized carbons (Fsp3) is 0.423. The lowest BCUT2D eigenvalue weighted by molar-refractivity contribution is 0.172. The van der Waals surface area contributed by atoms with Gasteiger partial charge < -0.3 is 10.2 Å². The van der Waals surface area contributed by atoms with Gasteiger partial charge >= 0.3 is 6.03 Å². The normalized spacial score (nSPS) is 15.7. The summed E-state index contributed by atoms with van der Waals surface area (Å²) in [6.07, 6.45) is 2.41. The molecule has 5 heteroatoms. The zero-order valence-electron chi connectivity index (χ0n) is 19.0. The van der Waals surface area contributed by atoms with Crippen LogP contribution in [0.2, 0.25) is 0 Å². The van der Waals surface area contributed by atoms with Crippen LogP contribution in [0.4, 0.5) is 16.2 Å². The van der Waals surface area contributed by atoms with Crippen molar-refractivity contribution in [2.24, 2.45) is 0 Å². The van der Waals surface area contributed by atoms with Crippen LogP contribution >= 0.6 is 11.3 Å². The molecule has 1 fully saturated rings. The molecule has 4 rings (SSSR count). The van der Waals surface area contributed by atoms with Gasteiger partial charge in [-0.25, -0.2) is 4.79 Å². The van der Waals surface area contributed by atoms with Crippen LogP contribution < -0.4 is 10.2 Å². The number of hydrogen-bond donors (Lipinski definition) is 1. The van der Waals surface area contributed by atoms with Crippen LogP contribution in [0.15, 0.2) is 53.9 Å². The van der Waals surface area contributed by atoms with Crippen molar-refractivity contribution in [3.8, 4) is 0 Å². The molecule has 31 heavy (non-hydrogen) atoms. The average Bonchev–Trinajstić information content (AvgIpc) is 3.17. The van der Waals surface area contributed by atoms with Gasteiger partial charge in [-0.15, -0.1) is 11.3 Å². The van der Waals surface area contributed by atoms with Gasteiger partial charge in [-0.2, -0.15) is 0 Å². The highest BCUT2D eigenvalue weighted by Crippen LogP contribution is 2.38. The van der Waals surface area contributed by atoms with Crippen LogP contribution in [0.3, 0.4) is 0 Å². The minimum Gasteiger partial charge on any atom is -0.308 e. The molecule has 1 aliphatic rings. The van der Waals surface area contributed by atoms with E-state index in [1.54, 1.807) is 4.90 Å². The van der Waals surface area contributed by atoms with E-state index in [0.717, 1.165) is 24.5 Å². The molecule has 1 aliphatic heterocycles. The maximum Gasteiger partial charge on any atom is 0.326 e. The molecule has 0 spiro atoms. The summed E-state index contributed by atoms with van der Waals surface area (Å²) < 4.78 is 1.29. The lowest BCUT2D eigenvalue weighted by Crippen LogP contribution is -2.40. The summed E-state index contributed by atoms with van der Waals surface area (Å²) in [5, 5.41) is 6.76. The highest BCUT2D eigenvalue weighted by atomic mass is 32.1. The highest BCUT2D eigenvalue weighted by molar-refractivity contribution is 7.17. The monoisotopic (exact) mass is 435 g/mol. The first-order valence-corrected chi connectivity index (χ1v) is 12.2. The number of carbonyl (C=O) groups excluding carboxylic acids is 1. The Morgan fingerprint density at radius 2 is 1.77 bits per heavy atom. The third-order valence-electron chi connectivity index (χ3n) is 6.32. The van der Waals surface area contributed by atoms with Crippen LogP contribution in [-0.4, -0.2) is 36.1 Å². The predicted molar refractivity (Wildman–Crippen MR) is 134 cm³/mol. The van der Waals surface area contributed by atoms with Gasteiger partial charge in [-0.1, -0.05) is 18.2 Å². The minimum absolute atomic E-state index is 0.0639. The summed E-state index contributed by atoms with van der Waals surface area (Å²) in [5.41, 5.74) is 3.21. The molecule has 2 amide bonds. The number of likely N-dealkylation sites (tertiary alicyclic amines) is 1. The van der Waals surface area contributed by atoms with E-state index in [2.05, 4.69) is 41.6 Å². The number of nitrogens with zero attached hydrogens (tertiary/aromatic N) is 2. The Labute approximate surface area is 189 Å². The number of benzene rings is 2. The van der Waals surface area contributed by atoms with Gasteiger partial charge in [0.05, 0.1) is 0 Å². The number of anilines is 2. The first-order chi connectivity index (χ1) is 14.9. The number of rotatable bonds is 5. The zero-order valence-corrected chi connectivity index (χ0v) is 19.8. The number of para-hydroxylation sites is 1. The average molecular weight is 436 g/mol. The fourth-order valence-corrected chi connectivity index (χ4v) is 5.62. The van der Waals surface area contributed by atoms with E-state index >= 15 is 0 Å². The lowest BCUT2D eigenvalue weighted by atomic mass is 9.88. The summed E-state index contributed by atoms with van der Waals surface area (Å²) >= 11 is 1.81. The number of piperidine rings is 1. The maximum absolute atomic E-state index is 13.1. The molecule has 2 heterocycles. The van der Waals surface area contributed by atoms with E-state index in [1.807, 2.05) is 61.6 Å². The molecule has 1 aromatic heterocycles. The van der Waals surface area contributed by atoms with E-state index in [4.69, 9.17) is 0 Å². The summed E-state index contributed by atoms with van der Waals surface area (Å²) in [6, 6.07) is 16.8. The van der Waals surface area contributed by atoms with Gasteiger partial charge in [0, 0.05) is 28.2 Å². The molecule has 0 atom stereocenters. The predicted octanol–water partition coefficient (Wildman–Crippen LogP) is 6.94. The number of hydrogen-bond acceptors (Lipinski definition) is 3. The van der Waals surface area contributed by atoms with Gasteiger partial charge in [0.1, 0.15) is 0 Å². The second kappa shape index (κ2) is 9.41. The van der Waals surface area contributed by atoms with Crippen LogP contribution in [0.25, 0.3) is 10.1 Å². The van der Waals surface area contributed by atoms with Gasteiger partial charge in [0.15, 0.2) is 0 Å². The Kier molecular flexibility index (Phi) is 6.63. The molecule has 1 N–H and O–H groups in total. The number of amides is 2.